The van der Waals surface area contributed by atoms with Crippen molar-refractivity contribution in [3.63, 3.8) is 0 Å². The predicted molar refractivity (Wildman–Crippen MR) is 76.0 cm³/mol. The molecule has 0 radical (unpaired) electrons. The standard InChI is InChI=1S/C12H27N3O2S/c1-3-5-8-15-12(16)11(13)7-10-18(14,17)9-6-4-2/h11,14H,3-10,13H2,1-2H3,(H,15,16)/t11-,18?/m0/s1. The van der Waals surface area contributed by atoms with E-state index in [1.54, 1.807) is 0 Å². The van der Waals surface area contributed by atoms with Crippen molar-refractivity contribution < 1.29 is 9.00 Å². The molecule has 6 heteroatoms. The Labute approximate surface area is 111 Å². The molecule has 0 heterocycles. The molecule has 0 aliphatic carbocycles. The van der Waals surface area contributed by atoms with Gasteiger partial charge in [-0.2, -0.15) is 0 Å². The molecule has 1 unspecified atom stereocenters. The van der Waals surface area contributed by atoms with Crippen LogP contribution in [0.4, 0.5) is 0 Å². The zero-order valence-electron chi connectivity index (χ0n) is 11.5. The van der Waals surface area contributed by atoms with Crippen molar-refractivity contribution in [2.75, 3.05) is 18.1 Å². The Morgan fingerprint density at radius 2 is 1.89 bits per heavy atom. The van der Waals surface area contributed by atoms with E-state index in [1.165, 1.54) is 0 Å². The molecule has 2 atom stereocenters. The lowest BCUT2D eigenvalue weighted by molar-refractivity contribution is -0.122. The zero-order chi connectivity index (χ0) is 14.0. The summed E-state index contributed by atoms with van der Waals surface area (Å²) >= 11 is 0. The van der Waals surface area contributed by atoms with Gasteiger partial charge in [0, 0.05) is 27.8 Å². The van der Waals surface area contributed by atoms with Crippen LogP contribution in [0.5, 0.6) is 0 Å². The minimum atomic E-state index is -2.56. The fourth-order valence-electron chi connectivity index (χ4n) is 1.45. The van der Waals surface area contributed by atoms with E-state index < -0.39 is 15.8 Å². The Morgan fingerprint density at radius 3 is 2.44 bits per heavy atom. The molecule has 0 aliphatic rings. The molecule has 0 spiro atoms. The van der Waals surface area contributed by atoms with Gasteiger partial charge in [0.2, 0.25) is 5.91 Å². The van der Waals surface area contributed by atoms with Gasteiger partial charge in [-0.15, -0.1) is 0 Å². The third-order valence-corrected chi connectivity index (χ3v) is 4.60. The summed E-state index contributed by atoms with van der Waals surface area (Å²) in [4.78, 5) is 11.6. The molecule has 18 heavy (non-hydrogen) atoms. The van der Waals surface area contributed by atoms with Crippen molar-refractivity contribution in [2.24, 2.45) is 5.73 Å². The van der Waals surface area contributed by atoms with Crippen LogP contribution >= 0.6 is 0 Å². The fourth-order valence-corrected chi connectivity index (χ4v) is 3.04. The molecule has 0 saturated heterocycles. The first kappa shape index (κ1) is 17.4. The SMILES string of the molecule is CCCCNC(=O)[C@@H](N)CCS(=N)(=O)CCCC. The van der Waals surface area contributed by atoms with Crippen molar-refractivity contribution in [1.82, 2.24) is 5.32 Å². The first-order chi connectivity index (χ1) is 8.43. The second-order valence-corrected chi connectivity index (χ2v) is 7.05. The number of nitrogens with one attached hydrogen (secondary N) is 2. The summed E-state index contributed by atoms with van der Waals surface area (Å²) < 4.78 is 19.5. The third-order valence-electron chi connectivity index (χ3n) is 2.75. The van der Waals surface area contributed by atoms with Crippen LogP contribution in [0.2, 0.25) is 0 Å². The van der Waals surface area contributed by atoms with Gasteiger partial charge in [-0.3, -0.25) is 9.57 Å². The molecular formula is C12H27N3O2S. The molecule has 0 aromatic heterocycles. The molecule has 1 amide bonds. The second kappa shape index (κ2) is 9.33. The third kappa shape index (κ3) is 8.47. The Balaban J connectivity index is 3.94. The van der Waals surface area contributed by atoms with E-state index in [2.05, 4.69) is 12.2 Å². The second-order valence-electron chi connectivity index (χ2n) is 4.61. The maximum Gasteiger partial charge on any atom is 0.236 e. The largest absolute Gasteiger partial charge is 0.355 e. The normalized spacial score (nSPS) is 15.9. The summed E-state index contributed by atoms with van der Waals surface area (Å²) in [6.07, 6.45) is 4.00. The summed E-state index contributed by atoms with van der Waals surface area (Å²) in [5, 5.41) is 2.74. The Kier molecular flexibility index (Phi) is 9.01. The Morgan fingerprint density at radius 1 is 1.28 bits per heavy atom. The molecule has 5 nitrogen and oxygen atoms in total. The molecular weight excluding hydrogens is 250 g/mol. The highest BCUT2D eigenvalue weighted by molar-refractivity contribution is 7.92. The topological polar surface area (TPSA) is 96.0 Å². The molecule has 0 fully saturated rings. The van der Waals surface area contributed by atoms with Gasteiger partial charge in [0.05, 0.1) is 6.04 Å². The highest BCUT2D eigenvalue weighted by atomic mass is 32.2. The van der Waals surface area contributed by atoms with Crippen LogP contribution in [-0.4, -0.2) is 34.2 Å². The highest BCUT2D eigenvalue weighted by Crippen LogP contribution is 2.02. The van der Waals surface area contributed by atoms with Crippen molar-refractivity contribution in [3.05, 3.63) is 0 Å². The van der Waals surface area contributed by atoms with Crippen LogP contribution in [0, 0.1) is 4.78 Å². The van der Waals surface area contributed by atoms with Gasteiger partial charge in [-0.1, -0.05) is 26.7 Å². The number of nitrogens with two attached hydrogens (primary N) is 1. The minimum Gasteiger partial charge on any atom is -0.355 e. The summed E-state index contributed by atoms with van der Waals surface area (Å²) in [6.45, 7) is 4.69. The van der Waals surface area contributed by atoms with E-state index in [-0.39, 0.29) is 11.7 Å². The van der Waals surface area contributed by atoms with Gasteiger partial charge < -0.3 is 11.1 Å². The van der Waals surface area contributed by atoms with Gasteiger partial charge >= 0.3 is 0 Å². The lowest BCUT2D eigenvalue weighted by atomic mass is 10.2. The molecule has 0 aromatic carbocycles. The minimum absolute atomic E-state index is 0.200. The molecule has 0 aromatic rings. The number of carbonyl (C=O) groups excluding carboxylic acids is 1. The molecule has 0 rings (SSSR count). The average Bonchev–Trinajstić information content (AvgIpc) is 2.34. The average molecular weight is 277 g/mol. The summed E-state index contributed by atoms with van der Waals surface area (Å²) in [6, 6.07) is -0.644. The number of rotatable bonds is 10. The number of carbonyl (C=O) groups is 1. The molecule has 0 aliphatic heterocycles. The van der Waals surface area contributed by atoms with Crippen LogP contribution in [-0.2, 0) is 14.5 Å². The Bertz CT molecular complexity index is 328. The quantitative estimate of drug-likeness (QED) is 0.527. The van der Waals surface area contributed by atoms with E-state index in [4.69, 9.17) is 10.5 Å². The number of unbranched alkanes of at least 4 members (excludes halogenated alkanes) is 2. The smallest absolute Gasteiger partial charge is 0.236 e. The van der Waals surface area contributed by atoms with Crippen molar-refractivity contribution >= 4 is 15.6 Å². The van der Waals surface area contributed by atoms with Crippen LogP contribution in [0.25, 0.3) is 0 Å². The molecule has 0 bridgehead atoms. The molecule has 0 saturated carbocycles. The van der Waals surface area contributed by atoms with Gasteiger partial charge in [0.1, 0.15) is 0 Å². The zero-order valence-corrected chi connectivity index (χ0v) is 12.4. The number of hydrogen-bond donors (Lipinski definition) is 3. The van der Waals surface area contributed by atoms with Crippen molar-refractivity contribution in [2.45, 2.75) is 52.0 Å². The Hall–Kier alpha value is -0.620. The van der Waals surface area contributed by atoms with E-state index in [9.17, 15) is 9.00 Å². The highest BCUT2D eigenvalue weighted by Gasteiger charge is 2.15. The van der Waals surface area contributed by atoms with Crippen molar-refractivity contribution in [3.8, 4) is 0 Å². The molecule has 108 valence electrons. The number of hydrogen-bond acceptors (Lipinski definition) is 4. The van der Waals surface area contributed by atoms with Gasteiger partial charge in [-0.05, 0) is 19.3 Å². The van der Waals surface area contributed by atoms with Crippen LogP contribution in [0.3, 0.4) is 0 Å². The maximum absolute atomic E-state index is 11.8. The monoisotopic (exact) mass is 277 g/mol. The first-order valence-corrected chi connectivity index (χ1v) is 8.60. The maximum atomic E-state index is 11.8. The first-order valence-electron chi connectivity index (χ1n) is 6.70. The molecule has 4 N–H and O–H groups in total. The fraction of sp³-hybridized carbons (Fsp3) is 0.917. The van der Waals surface area contributed by atoms with Crippen LogP contribution in [0.15, 0.2) is 0 Å². The van der Waals surface area contributed by atoms with E-state index >= 15 is 0 Å². The van der Waals surface area contributed by atoms with Gasteiger partial charge in [0.15, 0.2) is 0 Å². The summed E-state index contributed by atoms with van der Waals surface area (Å²) in [5.41, 5.74) is 5.71. The van der Waals surface area contributed by atoms with E-state index in [0.717, 1.165) is 25.7 Å². The van der Waals surface area contributed by atoms with E-state index in [1.807, 2.05) is 6.92 Å². The number of amides is 1. The summed E-state index contributed by atoms with van der Waals surface area (Å²) in [7, 11) is -2.56. The van der Waals surface area contributed by atoms with Crippen molar-refractivity contribution in [1.29, 1.82) is 4.78 Å². The van der Waals surface area contributed by atoms with Crippen LogP contribution in [0.1, 0.15) is 46.0 Å². The van der Waals surface area contributed by atoms with Gasteiger partial charge in [-0.25, -0.2) is 4.21 Å². The van der Waals surface area contributed by atoms with Gasteiger partial charge in [0.25, 0.3) is 0 Å². The lowest BCUT2D eigenvalue weighted by Gasteiger charge is -2.13. The van der Waals surface area contributed by atoms with Crippen LogP contribution < -0.4 is 11.1 Å². The van der Waals surface area contributed by atoms with E-state index in [0.29, 0.717) is 18.7 Å². The summed E-state index contributed by atoms with van der Waals surface area (Å²) in [5.74, 6) is 0.428. The lowest BCUT2D eigenvalue weighted by Crippen LogP contribution is -2.42. The predicted octanol–water partition coefficient (Wildman–Crippen LogP) is 1.47.